The van der Waals surface area contributed by atoms with Crippen molar-refractivity contribution in [3.63, 3.8) is 0 Å². The zero-order valence-corrected chi connectivity index (χ0v) is 6.84. The van der Waals surface area contributed by atoms with Crippen molar-refractivity contribution in [1.82, 2.24) is 4.90 Å². The Morgan fingerprint density at radius 3 is 1.90 bits per heavy atom. The second-order valence-corrected chi connectivity index (χ2v) is 2.49. The Kier molecular flexibility index (Phi) is 6.32. The molecule has 0 aromatic rings. The van der Waals surface area contributed by atoms with Crippen LogP contribution in [0.15, 0.2) is 0 Å². The zero-order valence-electron chi connectivity index (χ0n) is 6.84. The van der Waals surface area contributed by atoms with Crippen molar-refractivity contribution < 1.29 is 0 Å². The third-order valence-corrected chi connectivity index (χ3v) is 1.90. The van der Waals surface area contributed by atoms with Gasteiger partial charge in [-0.3, -0.25) is 0 Å². The molecule has 1 rings (SSSR count). The van der Waals surface area contributed by atoms with E-state index < -0.39 is 0 Å². The maximum atomic E-state index is 4.00. The molecule has 0 spiro atoms. The molecule has 1 aliphatic heterocycles. The van der Waals surface area contributed by atoms with Crippen molar-refractivity contribution in [2.24, 2.45) is 0 Å². The Bertz CT molecular complexity index is 80.0. The average Bonchev–Trinajstić information content (AvgIpc) is 2.10. The van der Waals surface area contributed by atoms with Crippen LogP contribution in [0.4, 0.5) is 0 Å². The molecule has 1 aliphatic rings. The minimum atomic E-state index is 1.25. The van der Waals surface area contributed by atoms with Gasteiger partial charge in [-0.2, -0.15) is 0 Å². The highest BCUT2D eigenvalue weighted by Gasteiger charge is 2.05. The second kappa shape index (κ2) is 6.64. The first-order valence-corrected chi connectivity index (χ1v) is 3.99. The first kappa shape index (κ1) is 9.52. The minimum absolute atomic E-state index is 1.25. The lowest BCUT2D eigenvalue weighted by Gasteiger charge is -2.24. The highest BCUT2D eigenvalue weighted by molar-refractivity contribution is 4.61. The smallest absolute Gasteiger partial charge is 0.00188 e. The largest absolute Gasteiger partial charge is 0.304 e. The summed E-state index contributed by atoms with van der Waals surface area (Å²) in [5.41, 5.74) is 0. The number of rotatable bonds is 1. The van der Waals surface area contributed by atoms with Crippen molar-refractivity contribution in [3.05, 3.63) is 0 Å². The quantitative estimate of drug-likeness (QED) is 0.500. The van der Waals surface area contributed by atoms with E-state index in [9.17, 15) is 0 Å². The van der Waals surface area contributed by atoms with E-state index in [0.717, 1.165) is 0 Å². The maximum absolute atomic E-state index is 4.00. The SMILES string of the molecule is C#C.CCN1CCCCC1. The van der Waals surface area contributed by atoms with Crippen LogP contribution in [0, 0.1) is 12.8 Å². The topological polar surface area (TPSA) is 3.24 Å². The van der Waals surface area contributed by atoms with Crippen LogP contribution in [0.2, 0.25) is 0 Å². The lowest BCUT2D eigenvalue weighted by atomic mass is 10.1. The van der Waals surface area contributed by atoms with Crippen molar-refractivity contribution in [1.29, 1.82) is 0 Å². The van der Waals surface area contributed by atoms with Crippen LogP contribution in [-0.4, -0.2) is 24.5 Å². The molecular formula is C9H17N. The van der Waals surface area contributed by atoms with E-state index in [1.54, 1.807) is 0 Å². The third kappa shape index (κ3) is 3.53. The molecule has 0 aliphatic carbocycles. The van der Waals surface area contributed by atoms with E-state index in [1.807, 2.05) is 0 Å². The van der Waals surface area contributed by atoms with Crippen LogP contribution in [0.5, 0.6) is 0 Å². The predicted octanol–water partition coefficient (Wildman–Crippen LogP) is 1.74. The molecule has 1 heteroatoms. The van der Waals surface area contributed by atoms with Gasteiger partial charge in [0.25, 0.3) is 0 Å². The lowest BCUT2D eigenvalue weighted by Crippen LogP contribution is -2.29. The standard InChI is InChI=1S/C7H15N.C2H2/c1-2-8-6-4-3-5-7-8;1-2/h2-7H2,1H3;1-2H. The number of nitrogens with zero attached hydrogens (tertiary/aromatic N) is 1. The van der Waals surface area contributed by atoms with E-state index in [4.69, 9.17) is 0 Å². The van der Waals surface area contributed by atoms with Crippen molar-refractivity contribution in [2.45, 2.75) is 26.2 Å². The summed E-state index contributed by atoms with van der Waals surface area (Å²) in [4.78, 5) is 2.52. The zero-order chi connectivity index (χ0) is 7.82. The molecule has 0 amide bonds. The van der Waals surface area contributed by atoms with Crippen LogP contribution in [0.25, 0.3) is 0 Å². The van der Waals surface area contributed by atoms with Gasteiger partial charge >= 0.3 is 0 Å². The fourth-order valence-corrected chi connectivity index (χ4v) is 1.28. The average molecular weight is 139 g/mol. The molecule has 0 aromatic carbocycles. The van der Waals surface area contributed by atoms with Gasteiger partial charge in [0.1, 0.15) is 0 Å². The molecule has 0 unspecified atom stereocenters. The molecule has 1 nitrogen and oxygen atoms in total. The van der Waals surface area contributed by atoms with Crippen LogP contribution in [0.3, 0.4) is 0 Å². The minimum Gasteiger partial charge on any atom is -0.304 e. The first-order valence-electron chi connectivity index (χ1n) is 3.99. The summed E-state index contributed by atoms with van der Waals surface area (Å²) >= 11 is 0. The van der Waals surface area contributed by atoms with Gasteiger partial charge in [0.05, 0.1) is 0 Å². The molecule has 0 radical (unpaired) electrons. The Morgan fingerprint density at radius 1 is 1.10 bits per heavy atom. The number of hydrogen-bond donors (Lipinski definition) is 0. The molecule has 0 N–H and O–H groups in total. The lowest BCUT2D eigenvalue weighted by molar-refractivity contribution is 0.240. The number of piperidine rings is 1. The number of terminal acetylenes is 1. The van der Waals surface area contributed by atoms with Gasteiger partial charge in [0.15, 0.2) is 0 Å². The Hall–Kier alpha value is -0.480. The first-order chi connectivity index (χ1) is 4.93. The van der Waals surface area contributed by atoms with Gasteiger partial charge in [0, 0.05) is 0 Å². The predicted molar refractivity (Wildman–Crippen MR) is 45.9 cm³/mol. The highest BCUT2D eigenvalue weighted by atomic mass is 15.1. The van der Waals surface area contributed by atoms with Gasteiger partial charge in [-0.05, 0) is 32.5 Å². The van der Waals surface area contributed by atoms with E-state index in [-0.39, 0.29) is 0 Å². The highest BCUT2D eigenvalue weighted by Crippen LogP contribution is 2.06. The molecular weight excluding hydrogens is 122 g/mol. The molecule has 1 fully saturated rings. The van der Waals surface area contributed by atoms with E-state index in [2.05, 4.69) is 24.7 Å². The van der Waals surface area contributed by atoms with E-state index in [0.29, 0.717) is 0 Å². The van der Waals surface area contributed by atoms with Gasteiger partial charge in [0.2, 0.25) is 0 Å². The summed E-state index contributed by atoms with van der Waals surface area (Å²) in [5, 5.41) is 0. The molecule has 1 heterocycles. The fourth-order valence-electron chi connectivity index (χ4n) is 1.28. The van der Waals surface area contributed by atoms with Crippen LogP contribution >= 0.6 is 0 Å². The number of hydrogen-bond acceptors (Lipinski definition) is 1. The third-order valence-electron chi connectivity index (χ3n) is 1.90. The van der Waals surface area contributed by atoms with Crippen LogP contribution in [0.1, 0.15) is 26.2 Å². The molecule has 58 valence electrons. The van der Waals surface area contributed by atoms with E-state index >= 15 is 0 Å². The summed E-state index contributed by atoms with van der Waals surface area (Å²) < 4.78 is 0. The van der Waals surface area contributed by atoms with Crippen molar-refractivity contribution >= 4 is 0 Å². The van der Waals surface area contributed by atoms with Gasteiger partial charge < -0.3 is 4.90 Å². The van der Waals surface area contributed by atoms with Crippen molar-refractivity contribution in [3.8, 4) is 12.8 Å². The van der Waals surface area contributed by atoms with Crippen LogP contribution < -0.4 is 0 Å². The Labute approximate surface area is 64.4 Å². The maximum Gasteiger partial charge on any atom is -0.00188 e. The van der Waals surface area contributed by atoms with Gasteiger partial charge in [-0.15, -0.1) is 12.8 Å². The van der Waals surface area contributed by atoms with Crippen molar-refractivity contribution in [2.75, 3.05) is 19.6 Å². The Balaban J connectivity index is 0.000000371. The summed E-state index contributed by atoms with van der Waals surface area (Å²) in [7, 11) is 0. The normalized spacial score (nSPS) is 19.1. The summed E-state index contributed by atoms with van der Waals surface area (Å²) in [6, 6.07) is 0. The van der Waals surface area contributed by atoms with Crippen LogP contribution in [-0.2, 0) is 0 Å². The number of likely N-dealkylation sites (tertiary alicyclic amines) is 1. The summed E-state index contributed by atoms with van der Waals surface area (Å²) in [6.45, 7) is 6.18. The monoisotopic (exact) mass is 139 g/mol. The molecule has 10 heavy (non-hydrogen) atoms. The fraction of sp³-hybridized carbons (Fsp3) is 0.778. The van der Waals surface area contributed by atoms with E-state index in [1.165, 1.54) is 38.9 Å². The molecule has 0 aromatic heterocycles. The molecule has 0 bridgehead atoms. The summed E-state index contributed by atoms with van der Waals surface area (Å²) in [6.07, 6.45) is 12.3. The van der Waals surface area contributed by atoms with Gasteiger partial charge in [-0.1, -0.05) is 13.3 Å². The molecule has 1 saturated heterocycles. The summed E-state index contributed by atoms with van der Waals surface area (Å²) in [5.74, 6) is 0. The molecule has 0 atom stereocenters. The Morgan fingerprint density at radius 2 is 1.60 bits per heavy atom. The van der Waals surface area contributed by atoms with Gasteiger partial charge in [-0.25, -0.2) is 0 Å². The molecule has 0 saturated carbocycles. The second-order valence-electron chi connectivity index (χ2n) is 2.49.